The lowest BCUT2D eigenvalue weighted by Gasteiger charge is -2.41. The molecule has 3 aliphatic rings. The van der Waals surface area contributed by atoms with Gasteiger partial charge in [0.1, 0.15) is 16.8 Å². The maximum atomic E-state index is 12.9. The first-order chi connectivity index (χ1) is 13.6. The number of nitrogens with zero attached hydrogens (tertiary/aromatic N) is 6. The predicted octanol–water partition coefficient (Wildman–Crippen LogP) is 2.41. The predicted molar refractivity (Wildman–Crippen MR) is 107 cm³/mol. The molecule has 5 rings (SSSR count). The van der Waals surface area contributed by atoms with Crippen molar-refractivity contribution in [1.82, 2.24) is 19.9 Å². The SMILES string of the molecule is Cc1nc2c(c(N3CCC3)n1)CN(C(=O)CC1CN(c3ccnc(Cl)c3)C1)C2. The molecule has 5 heterocycles. The fraction of sp³-hybridized carbons (Fsp3) is 0.500. The monoisotopic (exact) mass is 398 g/mol. The van der Waals surface area contributed by atoms with Gasteiger partial charge in [-0.15, -0.1) is 0 Å². The Balaban J connectivity index is 1.20. The van der Waals surface area contributed by atoms with E-state index in [2.05, 4.69) is 24.8 Å². The van der Waals surface area contributed by atoms with Gasteiger partial charge in [-0.1, -0.05) is 11.6 Å². The Morgan fingerprint density at radius 2 is 2.04 bits per heavy atom. The molecular formula is C20H23ClN6O. The second kappa shape index (κ2) is 6.88. The number of amides is 1. The maximum Gasteiger partial charge on any atom is 0.223 e. The third kappa shape index (κ3) is 3.17. The van der Waals surface area contributed by atoms with Crippen molar-refractivity contribution in [3.8, 4) is 0 Å². The summed E-state index contributed by atoms with van der Waals surface area (Å²) in [4.78, 5) is 32.6. The molecule has 0 bridgehead atoms. The zero-order chi connectivity index (χ0) is 19.3. The van der Waals surface area contributed by atoms with E-state index in [9.17, 15) is 4.79 Å². The third-order valence-electron chi connectivity index (χ3n) is 5.88. The second-order valence-electron chi connectivity index (χ2n) is 7.92. The molecule has 0 spiro atoms. The molecule has 0 aliphatic carbocycles. The number of hydrogen-bond acceptors (Lipinski definition) is 6. The molecule has 2 aromatic heterocycles. The Bertz CT molecular complexity index is 925. The van der Waals surface area contributed by atoms with Crippen LogP contribution in [-0.2, 0) is 17.9 Å². The number of carbonyl (C=O) groups is 1. The zero-order valence-corrected chi connectivity index (χ0v) is 16.7. The average molecular weight is 399 g/mol. The molecule has 0 unspecified atom stereocenters. The lowest BCUT2D eigenvalue weighted by molar-refractivity contribution is -0.133. The minimum atomic E-state index is 0.211. The van der Waals surface area contributed by atoms with E-state index in [1.807, 2.05) is 24.0 Å². The van der Waals surface area contributed by atoms with Crippen LogP contribution in [0, 0.1) is 12.8 Å². The van der Waals surface area contributed by atoms with Gasteiger partial charge in [-0.05, 0) is 25.5 Å². The van der Waals surface area contributed by atoms with Crippen molar-refractivity contribution >= 4 is 29.0 Å². The van der Waals surface area contributed by atoms with E-state index in [0.29, 0.717) is 30.6 Å². The van der Waals surface area contributed by atoms with Crippen LogP contribution in [0.5, 0.6) is 0 Å². The number of aromatic nitrogens is 3. The van der Waals surface area contributed by atoms with Gasteiger partial charge < -0.3 is 14.7 Å². The summed E-state index contributed by atoms with van der Waals surface area (Å²) < 4.78 is 0. The normalized spacial score (nSPS) is 18.7. The standard InChI is InChI=1S/C20H23ClN6O/c1-13-23-17-12-27(11-16(17)20(24-13)25-5-2-6-25)19(28)7-14-9-26(10-14)15-3-4-22-18(21)8-15/h3-4,8,14H,2,5-7,9-12H2,1H3. The fourth-order valence-corrected chi connectivity index (χ4v) is 4.37. The summed E-state index contributed by atoms with van der Waals surface area (Å²) >= 11 is 5.97. The first-order valence-corrected chi connectivity index (χ1v) is 10.2. The molecule has 28 heavy (non-hydrogen) atoms. The number of pyridine rings is 1. The summed E-state index contributed by atoms with van der Waals surface area (Å²) in [6.07, 6.45) is 3.51. The van der Waals surface area contributed by atoms with Crippen molar-refractivity contribution in [3.63, 3.8) is 0 Å². The van der Waals surface area contributed by atoms with Crippen LogP contribution in [-0.4, -0.2) is 51.9 Å². The zero-order valence-electron chi connectivity index (χ0n) is 15.9. The van der Waals surface area contributed by atoms with E-state index in [1.165, 1.54) is 6.42 Å². The third-order valence-corrected chi connectivity index (χ3v) is 6.08. The highest BCUT2D eigenvalue weighted by Gasteiger charge is 2.34. The molecule has 0 N–H and O–H groups in total. The Morgan fingerprint density at radius 3 is 2.75 bits per heavy atom. The van der Waals surface area contributed by atoms with Crippen molar-refractivity contribution < 1.29 is 4.79 Å². The van der Waals surface area contributed by atoms with Gasteiger partial charge in [0.25, 0.3) is 0 Å². The molecule has 0 radical (unpaired) electrons. The molecule has 2 saturated heterocycles. The summed E-state index contributed by atoms with van der Waals surface area (Å²) in [6.45, 7) is 7.03. The molecular weight excluding hydrogens is 376 g/mol. The van der Waals surface area contributed by atoms with E-state index in [-0.39, 0.29) is 5.91 Å². The number of anilines is 2. The Hall–Kier alpha value is -2.41. The minimum Gasteiger partial charge on any atom is -0.371 e. The lowest BCUT2D eigenvalue weighted by Crippen LogP contribution is -2.48. The van der Waals surface area contributed by atoms with E-state index in [0.717, 1.165) is 54.8 Å². The van der Waals surface area contributed by atoms with Crippen LogP contribution < -0.4 is 9.80 Å². The van der Waals surface area contributed by atoms with Crippen LogP contribution in [0.4, 0.5) is 11.5 Å². The van der Waals surface area contributed by atoms with Crippen LogP contribution >= 0.6 is 11.6 Å². The largest absolute Gasteiger partial charge is 0.371 e. The minimum absolute atomic E-state index is 0.211. The van der Waals surface area contributed by atoms with Gasteiger partial charge in [-0.2, -0.15) is 0 Å². The summed E-state index contributed by atoms with van der Waals surface area (Å²) in [5.41, 5.74) is 3.23. The van der Waals surface area contributed by atoms with Crippen LogP contribution in [0.3, 0.4) is 0 Å². The summed E-state index contributed by atoms with van der Waals surface area (Å²) in [7, 11) is 0. The highest BCUT2D eigenvalue weighted by molar-refractivity contribution is 6.29. The molecule has 0 aromatic carbocycles. The molecule has 3 aliphatic heterocycles. The number of carbonyl (C=O) groups excluding carboxylic acids is 1. The Morgan fingerprint density at radius 1 is 1.21 bits per heavy atom. The van der Waals surface area contributed by atoms with Crippen LogP contribution in [0.1, 0.15) is 29.9 Å². The van der Waals surface area contributed by atoms with Crippen LogP contribution in [0.25, 0.3) is 0 Å². The van der Waals surface area contributed by atoms with Crippen molar-refractivity contribution in [2.45, 2.75) is 32.9 Å². The lowest BCUT2D eigenvalue weighted by atomic mass is 9.95. The first kappa shape index (κ1) is 17.7. The van der Waals surface area contributed by atoms with Gasteiger partial charge in [0.2, 0.25) is 5.91 Å². The van der Waals surface area contributed by atoms with E-state index >= 15 is 0 Å². The van der Waals surface area contributed by atoms with Crippen LogP contribution in [0.15, 0.2) is 18.3 Å². The number of fused-ring (bicyclic) bond motifs is 1. The number of aryl methyl sites for hydroxylation is 1. The van der Waals surface area contributed by atoms with Crippen LogP contribution in [0.2, 0.25) is 5.15 Å². The van der Waals surface area contributed by atoms with Crippen molar-refractivity contribution in [2.75, 3.05) is 36.0 Å². The Kier molecular flexibility index (Phi) is 4.34. The van der Waals surface area contributed by atoms with Crippen molar-refractivity contribution in [1.29, 1.82) is 0 Å². The molecule has 2 fully saturated rings. The van der Waals surface area contributed by atoms with Crippen molar-refractivity contribution in [2.24, 2.45) is 5.92 Å². The molecule has 0 saturated carbocycles. The summed E-state index contributed by atoms with van der Waals surface area (Å²) in [5, 5.41) is 0.501. The second-order valence-corrected chi connectivity index (χ2v) is 8.31. The first-order valence-electron chi connectivity index (χ1n) is 9.82. The van der Waals surface area contributed by atoms with Gasteiger partial charge >= 0.3 is 0 Å². The highest BCUT2D eigenvalue weighted by Crippen LogP contribution is 2.33. The Labute approximate surface area is 169 Å². The summed E-state index contributed by atoms with van der Waals surface area (Å²) in [5.74, 6) is 2.42. The van der Waals surface area contributed by atoms with Gasteiger partial charge in [0.05, 0.1) is 18.8 Å². The molecule has 146 valence electrons. The average Bonchev–Trinajstić information content (AvgIpc) is 3.00. The quantitative estimate of drug-likeness (QED) is 0.737. The summed E-state index contributed by atoms with van der Waals surface area (Å²) in [6, 6.07) is 3.83. The molecule has 7 nitrogen and oxygen atoms in total. The topological polar surface area (TPSA) is 65.5 Å². The van der Waals surface area contributed by atoms with Gasteiger partial charge in [-0.3, -0.25) is 4.79 Å². The molecule has 1 amide bonds. The number of hydrogen-bond donors (Lipinski definition) is 0. The molecule has 0 atom stereocenters. The van der Waals surface area contributed by atoms with E-state index < -0.39 is 0 Å². The van der Waals surface area contributed by atoms with Gasteiger partial charge in [0.15, 0.2) is 0 Å². The number of rotatable bonds is 4. The number of halogens is 1. The highest BCUT2D eigenvalue weighted by atomic mass is 35.5. The van der Waals surface area contributed by atoms with Gasteiger partial charge in [-0.25, -0.2) is 15.0 Å². The molecule has 2 aromatic rings. The smallest absolute Gasteiger partial charge is 0.223 e. The van der Waals surface area contributed by atoms with Gasteiger partial charge in [0, 0.05) is 56.0 Å². The van der Waals surface area contributed by atoms with E-state index in [1.54, 1.807) is 6.20 Å². The maximum absolute atomic E-state index is 12.9. The molecule has 8 heteroatoms. The van der Waals surface area contributed by atoms with E-state index in [4.69, 9.17) is 11.6 Å². The van der Waals surface area contributed by atoms with Crippen molar-refractivity contribution in [3.05, 3.63) is 40.6 Å². The fourth-order valence-electron chi connectivity index (χ4n) is 4.20.